The molecule has 3 atom stereocenters. The van der Waals surface area contributed by atoms with E-state index in [4.69, 9.17) is 13.3 Å². The zero-order chi connectivity index (χ0) is 38.7. The molecule has 0 unspecified atom stereocenters. The van der Waals surface area contributed by atoms with E-state index in [9.17, 15) is 5.11 Å². The van der Waals surface area contributed by atoms with Crippen LogP contribution in [0.5, 0.6) is 11.5 Å². The van der Waals surface area contributed by atoms with E-state index in [0.29, 0.717) is 5.92 Å². The topological polar surface area (TPSA) is 47.9 Å². The van der Waals surface area contributed by atoms with Crippen molar-refractivity contribution in [1.29, 1.82) is 0 Å². The minimum absolute atomic E-state index is 0.00598. The minimum Gasteiger partial charge on any atom is -0.543 e. The van der Waals surface area contributed by atoms with Gasteiger partial charge >= 0.3 is 0 Å². The Morgan fingerprint density at radius 2 is 1.22 bits per heavy atom. The molecular formula is C43H82O4Si3. The van der Waals surface area contributed by atoms with Gasteiger partial charge in [-0.3, -0.25) is 0 Å². The zero-order valence-electron chi connectivity index (χ0n) is 36.3. The van der Waals surface area contributed by atoms with E-state index in [1.54, 1.807) is 0 Å². The van der Waals surface area contributed by atoms with Crippen molar-refractivity contribution in [2.45, 2.75) is 200 Å². The molecule has 1 aromatic carbocycles. The van der Waals surface area contributed by atoms with Gasteiger partial charge in [0.25, 0.3) is 0 Å². The molecule has 1 aliphatic carbocycles. The molecule has 0 saturated heterocycles. The highest BCUT2D eigenvalue weighted by Gasteiger charge is 2.45. The molecule has 1 saturated carbocycles. The van der Waals surface area contributed by atoms with E-state index < -0.39 is 25.0 Å². The predicted molar refractivity (Wildman–Crippen MR) is 227 cm³/mol. The molecule has 0 heterocycles. The van der Waals surface area contributed by atoms with Crippen LogP contribution in [-0.2, 0) is 9.84 Å². The van der Waals surface area contributed by atoms with Gasteiger partial charge in [0.2, 0.25) is 16.6 Å². The van der Waals surface area contributed by atoms with Gasteiger partial charge in [0.05, 0.1) is 6.61 Å². The third-order valence-electron chi connectivity index (χ3n) is 13.4. The molecule has 50 heavy (non-hydrogen) atoms. The maximum Gasteiger partial charge on any atom is 0.250 e. The van der Waals surface area contributed by atoms with Gasteiger partial charge in [-0.05, 0) is 127 Å². The molecule has 1 aliphatic rings. The lowest BCUT2D eigenvalue weighted by molar-refractivity contribution is 0.158. The fraction of sp³-hybridized carbons (Fsp3) is 0.814. The largest absolute Gasteiger partial charge is 0.543 e. The summed E-state index contributed by atoms with van der Waals surface area (Å²) in [5.41, 5.74) is 3.42. The van der Waals surface area contributed by atoms with Crippen molar-refractivity contribution in [1.82, 2.24) is 0 Å². The molecule has 290 valence electrons. The van der Waals surface area contributed by atoms with E-state index in [1.165, 1.54) is 36.8 Å². The summed E-state index contributed by atoms with van der Waals surface area (Å²) >= 11 is 0. The van der Waals surface area contributed by atoms with Gasteiger partial charge in [-0.1, -0.05) is 115 Å². The second-order valence-electron chi connectivity index (χ2n) is 21.1. The molecule has 0 spiro atoms. The van der Waals surface area contributed by atoms with Crippen molar-refractivity contribution in [2.24, 2.45) is 11.8 Å². The van der Waals surface area contributed by atoms with Crippen molar-refractivity contribution in [3.05, 3.63) is 35.4 Å². The van der Waals surface area contributed by atoms with Gasteiger partial charge < -0.3 is 18.4 Å². The fourth-order valence-corrected chi connectivity index (χ4v) is 9.53. The Morgan fingerprint density at radius 3 is 1.64 bits per heavy atom. The van der Waals surface area contributed by atoms with Crippen LogP contribution in [0.1, 0.15) is 151 Å². The monoisotopic (exact) mass is 747 g/mol. The van der Waals surface area contributed by atoms with Crippen molar-refractivity contribution < 1.29 is 18.4 Å². The predicted octanol–water partition coefficient (Wildman–Crippen LogP) is 13.8. The zero-order valence-corrected chi connectivity index (χ0v) is 39.3. The standard InChI is InChI=1S/C43H82O4Si3/c1-20-21-22-23-26-43(12,13)34-28-37(46-49(16,17)41(6,7)8)39(38(29-34)47-50(18,19)42(9,10)11)36-27-33(24-25-35(36)32(2)30-44)31-45-48(14,15)40(3,4)5/h28-29,33,35-36,44H,2,20-27,30-31H2,1,3-19H3/t33-,35+,36-/m1/s1. The molecule has 0 aromatic heterocycles. The molecule has 0 bridgehead atoms. The Bertz CT molecular complexity index is 1210. The number of hydrogen-bond acceptors (Lipinski definition) is 4. The normalized spacial score (nSPS) is 20.2. The van der Waals surface area contributed by atoms with Crippen molar-refractivity contribution in [3.63, 3.8) is 0 Å². The van der Waals surface area contributed by atoms with E-state index in [1.807, 2.05) is 0 Å². The van der Waals surface area contributed by atoms with Crippen LogP contribution in [0, 0.1) is 11.8 Å². The summed E-state index contributed by atoms with van der Waals surface area (Å²) in [4.78, 5) is 0. The first-order chi connectivity index (χ1) is 22.5. The molecule has 0 amide bonds. The lowest BCUT2D eigenvalue weighted by atomic mass is 9.68. The molecule has 1 fully saturated rings. The number of aliphatic hydroxyl groups is 1. The molecule has 1 aromatic rings. The molecule has 2 rings (SSSR count). The maximum atomic E-state index is 10.5. The number of hydrogen-bond donors (Lipinski definition) is 1. The van der Waals surface area contributed by atoms with E-state index in [-0.39, 0.29) is 39.0 Å². The Labute approximate surface area is 314 Å². The van der Waals surface area contributed by atoms with Crippen molar-refractivity contribution >= 4 is 25.0 Å². The van der Waals surface area contributed by atoms with Crippen LogP contribution < -0.4 is 8.85 Å². The highest BCUT2D eigenvalue weighted by molar-refractivity contribution is 6.75. The van der Waals surface area contributed by atoms with Gasteiger partial charge in [-0.2, -0.15) is 0 Å². The molecular weight excluding hydrogens is 665 g/mol. The second kappa shape index (κ2) is 16.7. The highest BCUT2D eigenvalue weighted by atomic mass is 28.4. The summed E-state index contributed by atoms with van der Waals surface area (Å²) in [5.74, 6) is 2.72. The first-order valence-electron chi connectivity index (χ1n) is 20.0. The minimum atomic E-state index is -2.25. The lowest BCUT2D eigenvalue weighted by Gasteiger charge is -2.44. The van der Waals surface area contributed by atoms with Gasteiger partial charge in [0.15, 0.2) is 8.32 Å². The lowest BCUT2D eigenvalue weighted by Crippen LogP contribution is -2.45. The molecule has 1 N–H and O–H groups in total. The van der Waals surface area contributed by atoms with Crippen LogP contribution >= 0.6 is 0 Å². The van der Waals surface area contributed by atoms with E-state index >= 15 is 0 Å². The maximum absolute atomic E-state index is 10.5. The van der Waals surface area contributed by atoms with Gasteiger partial charge in [-0.25, -0.2) is 0 Å². The number of aliphatic hydroxyl groups excluding tert-OH is 1. The molecule has 4 nitrogen and oxygen atoms in total. The van der Waals surface area contributed by atoms with Crippen LogP contribution in [0.2, 0.25) is 54.4 Å². The average molecular weight is 747 g/mol. The smallest absolute Gasteiger partial charge is 0.250 e. The van der Waals surface area contributed by atoms with Gasteiger partial charge in [-0.15, -0.1) is 0 Å². The molecule has 0 aliphatic heterocycles. The average Bonchev–Trinajstić information content (AvgIpc) is 2.95. The van der Waals surface area contributed by atoms with Crippen LogP contribution in [0.15, 0.2) is 24.3 Å². The van der Waals surface area contributed by atoms with Crippen LogP contribution in [0.3, 0.4) is 0 Å². The second-order valence-corrected chi connectivity index (χ2v) is 35.3. The highest BCUT2D eigenvalue weighted by Crippen LogP contribution is 2.54. The van der Waals surface area contributed by atoms with Crippen LogP contribution in [0.25, 0.3) is 0 Å². The van der Waals surface area contributed by atoms with Crippen LogP contribution in [-0.4, -0.2) is 43.3 Å². The number of benzene rings is 1. The Morgan fingerprint density at radius 1 is 0.740 bits per heavy atom. The van der Waals surface area contributed by atoms with Gasteiger partial charge in [0, 0.05) is 12.2 Å². The Hall–Kier alpha value is -0.869. The Kier molecular flexibility index (Phi) is 15.1. The first-order valence-corrected chi connectivity index (χ1v) is 28.7. The Balaban J connectivity index is 2.93. The summed E-state index contributed by atoms with van der Waals surface area (Å²) in [7, 11) is -6.40. The summed E-state index contributed by atoms with van der Waals surface area (Å²) in [5, 5.41) is 10.8. The van der Waals surface area contributed by atoms with Crippen molar-refractivity contribution in [3.8, 4) is 11.5 Å². The third kappa shape index (κ3) is 11.3. The number of unbranched alkanes of at least 4 members (excludes halogenated alkanes) is 3. The van der Waals surface area contributed by atoms with Crippen molar-refractivity contribution in [2.75, 3.05) is 13.2 Å². The molecule has 7 heteroatoms. The first kappa shape index (κ1) is 45.3. The van der Waals surface area contributed by atoms with Crippen LogP contribution in [0.4, 0.5) is 0 Å². The summed E-state index contributed by atoms with van der Waals surface area (Å²) < 4.78 is 21.9. The van der Waals surface area contributed by atoms with E-state index in [2.05, 4.69) is 141 Å². The summed E-state index contributed by atoms with van der Waals surface area (Å²) in [6, 6.07) is 4.81. The molecule has 0 radical (unpaired) electrons. The quantitative estimate of drug-likeness (QED) is 0.104. The summed E-state index contributed by atoms with van der Waals surface area (Å²) in [6.45, 7) is 47.5. The third-order valence-corrected chi connectivity index (χ3v) is 26.6. The van der Waals surface area contributed by atoms with E-state index in [0.717, 1.165) is 49.4 Å². The summed E-state index contributed by atoms with van der Waals surface area (Å²) in [6.07, 6.45) is 9.18. The number of rotatable bonds is 16. The fourth-order valence-electron chi connectivity index (χ4n) is 6.40. The van der Waals surface area contributed by atoms with Gasteiger partial charge in [0.1, 0.15) is 11.5 Å². The SMILES string of the molecule is C=C(CO)[C@@H]1CC[C@@H](CO[Si](C)(C)C(C)(C)C)C[C@H]1c1c(O[Si](C)(C)C(C)(C)C)cc(C(C)(C)CCCCCC)cc1O[Si](C)(C)C(C)(C)C.